The molecule has 1 aromatic carbocycles. The smallest absolute Gasteiger partial charge is 0.0178 e. The molecule has 1 nitrogen and oxygen atoms in total. The summed E-state index contributed by atoms with van der Waals surface area (Å²) in [5.41, 5.74) is 8.54. The number of nitrogens with two attached hydrogens (primary N) is 1. The van der Waals surface area contributed by atoms with Crippen molar-refractivity contribution in [3.05, 3.63) is 35.4 Å². The van der Waals surface area contributed by atoms with Crippen molar-refractivity contribution >= 4 is 0 Å². The maximum absolute atomic E-state index is 5.67. The highest BCUT2D eigenvalue weighted by molar-refractivity contribution is 5.29. The summed E-state index contributed by atoms with van der Waals surface area (Å²) in [6.45, 7) is 14.1. The minimum atomic E-state index is 0. The molecule has 0 spiro atoms. The molecule has 18 heavy (non-hydrogen) atoms. The summed E-state index contributed by atoms with van der Waals surface area (Å²) in [7, 11) is 0. The molecule has 1 aromatic rings. The topological polar surface area (TPSA) is 26.0 Å². The van der Waals surface area contributed by atoms with Crippen LogP contribution in [-0.4, -0.2) is 0 Å². The monoisotopic (exact) mass is 251 g/mol. The van der Waals surface area contributed by atoms with Crippen molar-refractivity contribution in [2.24, 2.45) is 11.7 Å². The molecule has 0 heterocycles. The first-order valence-electron chi connectivity index (χ1n) is 7.23. The lowest BCUT2D eigenvalue weighted by molar-refractivity contribution is 0.334. The fourth-order valence-electron chi connectivity index (χ4n) is 1.89. The van der Waals surface area contributed by atoms with Crippen LogP contribution in [0.3, 0.4) is 0 Å². The SMILES string of the molecule is CCC.CCC(C)C(C)(C)c1cccc(CN)c1.[HH]. The Balaban J connectivity index is 0. The summed E-state index contributed by atoms with van der Waals surface area (Å²) in [5.74, 6) is 0.686. The van der Waals surface area contributed by atoms with E-state index in [1.807, 2.05) is 0 Å². The van der Waals surface area contributed by atoms with E-state index < -0.39 is 0 Å². The second-order valence-electron chi connectivity index (χ2n) is 5.64. The Kier molecular flexibility index (Phi) is 7.93. The molecule has 0 saturated carbocycles. The van der Waals surface area contributed by atoms with Gasteiger partial charge in [0.25, 0.3) is 0 Å². The van der Waals surface area contributed by atoms with Crippen LogP contribution in [0.2, 0.25) is 0 Å². The third-order valence-corrected chi connectivity index (χ3v) is 3.75. The molecule has 0 aliphatic carbocycles. The van der Waals surface area contributed by atoms with Crippen LogP contribution in [0.15, 0.2) is 24.3 Å². The van der Waals surface area contributed by atoms with Gasteiger partial charge in [-0.3, -0.25) is 0 Å². The first-order valence-corrected chi connectivity index (χ1v) is 7.23. The van der Waals surface area contributed by atoms with Gasteiger partial charge in [0.05, 0.1) is 0 Å². The van der Waals surface area contributed by atoms with Gasteiger partial charge >= 0.3 is 0 Å². The lowest BCUT2D eigenvalue weighted by atomic mass is 9.73. The number of benzene rings is 1. The molecular formula is C17H33N. The van der Waals surface area contributed by atoms with Crippen LogP contribution < -0.4 is 5.73 Å². The zero-order chi connectivity index (χ0) is 14.2. The zero-order valence-corrected chi connectivity index (χ0v) is 13.1. The van der Waals surface area contributed by atoms with Gasteiger partial charge in [0.1, 0.15) is 0 Å². The molecule has 0 bridgehead atoms. The average molecular weight is 251 g/mol. The molecule has 0 aliphatic rings. The second kappa shape index (κ2) is 8.31. The second-order valence-corrected chi connectivity index (χ2v) is 5.64. The Morgan fingerprint density at radius 2 is 1.78 bits per heavy atom. The zero-order valence-electron chi connectivity index (χ0n) is 13.1. The van der Waals surface area contributed by atoms with Gasteiger partial charge in [-0.05, 0) is 22.5 Å². The van der Waals surface area contributed by atoms with Crippen molar-refractivity contribution in [2.45, 2.75) is 66.3 Å². The lowest BCUT2D eigenvalue weighted by Gasteiger charge is -2.32. The predicted octanol–water partition coefficient (Wildman–Crippen LogP) is 5.13. The normalized spacial score (nSPS) is 12.6. The molecule has 0 aliphatic heterocycles. The quantitative estimate of drug-likeness (QED) is 0.788. The van der Waals surface area contributed by atoms with E-state index in [4.69, 9.17) is 5.73 Å². The van der Waals surface area contributed by atoms with E-state index in [0.717, 1.165) is 0 Å². The molecule has 1 unspecified atom stereocenters. The Bertz CT molecular complexity index is 334. The summed E-state index contributed by atoms with van der Waals surface area (Å²) < 4.78 is 0. The summed E-state index contributed by atoms with van der Waals surface area (Å²) in [5, 5.41) is 0. The minimum Gasteiger partial charge on any atom is -0.326 e. The molecule has 106 valence electrons. The fraction of sp³-hybridized carbons (Fsp3) is 0.647. The summed E-state index contributed by atoms with van der Waals surface area (Å²) in [6, 6.07) is 8.66. The molecule has 0 amide bonds. The van der Waals surface area contributed by atoms with Gasteiger partial charge in [0.2, 0.25) is 0 Å². The summed E-state index contributed by atoms with van der Waals surface area (Å²) >= 11 is 0. The standard InChI is InChI=1S/C14H23N.C3H8.H2/c1-5-11(2)14(3,4)13-8-6-7-12(9-13)10-15;1-3-2;/h6-9,11H,5,10,15H2,1-4H3;3H2,1-2H3;1H. The molecule has 2 N–H and O–H groups in total. The van der Waals surface area contributed by atoms with Gasteiger partial charge in [-0.2, -0.15) is 0 Å². The molecule has 0 aromatic heterocycles. The van der Waals surface area contributed by atoms with Crippen LogP contribution in [0.4, 0.5) is 0 Å². The Hall–Kier alpha value is -0.820. The van der Waals surface area contributed by atoms with Gasteiger partial charge in [-0.15, -0.1) is 0 Å². The van der Waals surface area contributed by atoms with Crippen molar-refractivity contribution in [3.8, 4) is 0 Å². The van der Waals surface area contributed by atoms with E-state index in [0.29, 0.717) is 12.5 Å². The first-order chi connectivity index (χ1) is 8.43. The maximum Gasteiger partial charge on any atom is 0.0178 e. The lowest BCUT2D eigenvalue weighted by Crippen LogP contribution is -2.26. The number of hydrogen-bond donors (Lipinski definition) is 1. The fourth-order valence-corrected chi connectivity index (χ4v) is 1.89. The highest BCUT2D eigenvalue weighted by Gasteiger charge is 2.26. The van der Waals surface area contributed by atoms with E-state index in [2.05, 4.69) is 65.8 Å². The largest absolute Gasteiger partial charge is 0.326 e. The van der Waals surface area contributed by atoms with Gasteiger partial charge < -0.3 is 5.73 Å². The van der Waals surface area contributed by atoms with Crippen LogP contribution in [-0.2, 0) is 12.0 Å². The van der Waals surface area contributed by atoms with Crippen molar-refractivity contribution in [1.29, 1.82) is 0 Å². The molecule has 0 fully saturated rings. The molecule has 0 saturated heterocycles. The van der Waals surface area contributed by atoms with Crippen LogP contribution in [0, 0.1) is 5.92 Å². The third kappa shape index (κ3) is 4.81. The predicted molar refractivity (Wildman–Crippen MR) is 84.9 cm³/mol. The highest BCUT2D eigenvalue weighted by Crippen LogP contribution is 2.33. The molecule has 1 rings (SSSR count). The Labute approximate surface area is 115 Å². The van der Waals surface area contributed by atoms with Gasteiger partial charge in [-0.1, -0.05) is 78.6 Å². The van der Waals surface area contributed by atoms with Crippen molar-refractivity contribution in [1.82, 2.24) is 0 Å². The minimum absolute atomic E-state index is 0. The van der Waals surface area contributed by atoms with Crippen LogP contribution in [0.5, 0.6) is 0 Å². The van der Waals surface area contributed by atoms with Gasteiger partial charge in [0.15, 0.2) is 0 Å². The number of hydrogen-bond acceptors (Lipinski definition) is 1. The van der Waals surface area contributed by atoms with E-state index >= 15 is 0 Å². The highest BCUT2D eigenvalue weighted by atomic mass is 14.5. The third-order valence-electron chi connectivity index (χ3n) is 3.75. The first kappa shape index (κ1) is 17.2. The van der Waals surface area contributed by atoms with Crippen LogP contribution in [0.25, 0.3) is 0 Å². The van der Waals surface area contributed by atoms with E-state index in [1.165, 1.54) is 24.0 Å². The summed E-state index contributed by atoms with van der Waals surface area (Å²) in [6.07, 6.45) is 2.46. The molecule has 1 atom stereocenters. The molecule has 0 radical (unpaired) electrons. The van der Waals surface area contributed by atoms with Gasteiger partial charge in [0, 0.05) is 7.97 Å². The molecule has 1 heteroatoms. The van der Waals surface area contributed by atoms with Crippen molar-refractivity contribution in [3.63, 3.8) is 0 Å². The van der Waals surface area contributed by atoms with E-state index in [9.17, 15) is 0 Å². The van der Waals surface area contributed by atoms with E-state index in [1.54, 1.807) is 0 Å². The van der Waals surface area contributed by atoms with Crippen LogP contribution >= 0.6 is 0 Å². The maximum atomic E-state index is 5.67. The van der Waals surface area contributed by atoms with E-state index in [-0.39, 0.29) is 6.84 Å². The summed E-state index contributed by atoms with van der Waals surface area (Å²) in [4.78, 5) is 0. The van der Waals surface area contributed by atoms with Crippen LogP contribution in [0.1, 0.15) is 66.9 Å². The average Bonchev–Trinajstić information content (AvgIpc) is 2.38. The number of rotatable bonds is 4. The van der Waals surface area contributed by atoms with Crippen molar-refractivity contribution < 1.29 is 1.43 Å². The van der Waals surface area contributed by atoms with Gasteiger partial charge in [-0.25, -0.2) is 0 Å². The Morgan fingerprint density at radius 1 is 1.22 bits per heavy atom. The Morgan fingerprint density at radius 3 is 2.22 bits per heavy atom. The molecular weight excluding hydrogens is 218 g/mol. The van der Waals surface area contributed by atoms with Crippen molar-refractivity contribution in [2.75, 3.05) is 0 Å².